The highest BCUT2D eigenvalue weighted by Gasteiger charge is 2.41. The maximum Gasteiger partial charge on any atom is 0.155 e. The van der Waals surface area contributed by atoms with Gasteiger partial charge in [0.05, 0.1) is 6.04 Å². The van der Waals surface area contributed by atoms with Crippen LogP contribution in [0.4, 0.5) is 0 Å². The van der Waals surface area contributed by atoms with E-state index >= 15 is 0 Å². The van der Waals surface area contributed by atoms with E-state index in [0.29, 0.717) is 0 Å². The number of hydrogen-bond donors (Lipinski definition) is 1. The summed E-state index contributed by atoms with van der Waals surface area (Å²) in [7, 11) is 0. The third-order valence-corrected chi connectivity index (χ3v) is 5.33. The molecule has 2 fully saturated rings. The SMILES string of the molecule is CC.CCC(C)(C)C(=O)C(N)CC1CC2CCC1C2. The van der Waals surface area contributed by atoms with Crippen LogP contribution in [0.1, 0.15) is 73.1 Å². The van der Waals surface area contributed by atoms with E-state index in [1.54, 1.807) is 0 Å². The first-order valence-electron chi connectivity index (χ1n) is 8.24. The van der Waals surface area contributed by atoms with Crippen LogP contribution in [-0.2, 0) is 4.79 Å². The molecule has 0 aliphatic heterocycles. The van der Waals surface area contributed by atoms with Gasteiger partial charge in [-0.2, -0.15) is 0 Å². The lowest BCUT2D eigenvalue weighted by Gasteiger charge is -2.29. The van der Waals surface area contributed by atoms with Crippen LogP contribution in [0.15, 0.2) is 0 Å². The zero-order valence-corrected chi connectivity index (χ0v) is 13.5. The fourth-order valence-electron chi connectivity index (χ4n) is 3.77. The number of Topliss-reactive ketones (excluding diaryl/α,β-unsaturated/α-hetero) is 1. The molecule has 2 bridgehead atoms. The van der Waals surface area contributed by atoms with Crippen LogP contribution in [0.5, 0.6) is 0 Å². The van der Waals surface area contributed by atoms with Gasteiger partial charge in [-0.3, -0.25) is 4.79 Å². The van der Waals surface area contributed by atoms with Gasteiger partial charge >= 0.3 is 0 Å². The van der Waals surface area contributed by atoms with E-state index in [4.69, 9.17) is 5.73 Å². The lowest BCUT2D eigenvalue weighted by molar-refractivity contribution is -0.129. The van der Waals surface area contributed by atoms with E-state index in [9.17, 15) is 4.79 Å². The molecule has 0 radical (unpaired) electrons. The van der Waals surface area contributed by atoms with Crippen molar-refractivity contribution < 1.29 is 4.79 Å². The van der Waals surface area contributed by atoms with Crippen molar-refractivity contribution in [3.8, 4) is 0 Å². The third kappa shape index (κ3) is 3.81. The Morgan fingerprint density at radius 1 is 1.26 bits per heavy atom. The number of ketones is 1. The molecule has 0 saturated heterocycles. The van der Waals surface area contributed by atoms with Crippen molar-refractivity contribution in [3.63, 3.8) is 0 Å². The van der Waals surface area contributed by atoms with Crippen molar-refractivity contribution in [2.45, 2.75) is 79.2 Å². The molecule has 0 aromatic carbocycles. The molecule has 2 N–H and O–H groups in total. The Balaban J connectivity index is 0.000000861. The molecule has 0 amide bonds. The van der Waals surface area contributed by atoms with Crippen molar-refractivity contribution >= 4 is 5.78 Å². The summed E-state index contributed by atoms with van der Waals surface area (Å²) in [5.74, 6) is 2.83. The highest BCUT2D eigenvalue weighted by Crippen LogP contribution is 2.50. The summed E-state index contributed by atoms with van der Waals surface area (Å²) in [5, 5.41) is 0. The number of hydrogen-bond acceptors (Lipinski definition) is 2. The highest BCUT2D eigenvalue weighted by atomic mass is 16.1. The van der Waals surface area contributed by atoms with Gasteiger partial charge in [-0.05, 0) is 49.9 Å². The summed E-state index contributed by atoms with van der Waals surface area (Å²) in [6.45, 7) is 10.1. The van der Waals surface area contributed by atoms with Gasteiger partial charge in [0, 0.05) is 5.41 Å². The van der Waals surface area contributed by atoms with Gasteiger partial charge in [-0.25, -0.2) is 0 Å². The molecule has 2 saturated carbocycles. The van der Waals surface area contributed by atoms with E-state index in [1.165, 1.54) is 25.7 Å². The third-order valence-electron chi connectivity index (χ3n) is 5.33. The molecule has 2 rings (SSSR count). The predicted molar refractivity (Wildman–Crippen MR) is 82.0 cm³/mol. The average molecular weight is 267 g/mol. The second-order valence-electron chi connectivity index (χ2n) is 6.88. The second kappa shape index (κ2) is 6.88. The van der Waals surface area contributed by atoms with Crippen LogP contribution >= 0.6 is 0 Å². The summed E-state index contributed by atoms with van der Waals surface area (Å²) in [6, 6.07) is -0.228. The Morgan fingerprint density at radius 2 is 1.89 bits per heavy atom. The number of fused-ring (bicyclic) bond motifs is 2. The van der Waals surface area contributed by atoms with Crippen molar-refractivity contribution in [3.05, 3.63) is 0 Å². The van der Waals surface area contributed by atoms with Gasteiger partial charge in [0.25, 0.3) is 0 Å². The Morgan fingerprint density at radius 3 is 2.32 bits per heavy atom. The zero-order valence-electron chi connectivity index (χ0n) is 13.5. The number of carbonyl (C=O) groups excluding carboxylic acids is 1. The van der Waals surface area contributed by atoms with E-state index in [0.717, 1.165) is 30.6 Å². The molecule has 4 atom stereocenters. The second-order valence-corrected chi connectivity index (χ2v) is 6.88. The maximum atomic E-state index is 12.3. The van der Waals surface area contributed by atoms with Gasteiger partial charge < -0.3 is 5.73 Å². The van der Waals surface area contributed by atoms with Crippen molar-refractivity contribution in [1.29, 1.82) is 0 Å². The first-order valence-corrected chi connectivity index (χ1v) is 8.24. The molecule has 2 nitrogen and oxygen atoms in total. The van der Waals surface area contributed by atoms with Crippen LogP contribution in [0.2, 0.25) is 0 Å². The van der Waals surface area contributed by atoms with E-state index in [-0.39, 0.29) is 17.2 Å². The molecular formula is C17H33NO. The molecule has 112 valence electrons. The van der Waals surface area contributed by atoms with Crippen LogP contribution in [0.3, 0.4) is 0 Å². The molecular weight excluding hydrogens is 234 g/mol. The number of rotatable bonds is 5. The summed E-state index contributed by atoms with van der Waals surface area (Å²) >= 11 is 0. The van der Waals surface area contributed by atoms with Crippen molar-refractivity contribution in [2.75, 3.05) is 0 Å². The molecule has 0 spiro atoms. The first kappa shape index (κ1) is 16.7. The van der Waals surface area contributed by atoms with Crippen LogP contribution in [0, 0.1) is 23.2 Å². The Hall–Kier alpha value is -0.370. The molecule has 4 unspecified atom stereocenters. The molecule has 0 aromatic heterocycles. The van der Waals surface area contributed by atoms with Crippen LogP contribution in [-0.4, -0.2) is 11.8 Å². The largest absolute Gasteiger partial charge is 0.321 e. The minimum absolute atomic E-state index is 0.228. The van der Waals surface area contributed by atoms with E-state index in [1.807, 2.05) is 27.7 Å². The molecule has 0 heterocycles. The molecule has 2 aliphatic rings. The van der Waals surface area contributed by atoms with Crippen LogP contribution in [0.25, 0.3) is 0 Å². The van der Waals surface area contributed by atoms with Gasteiger partial charge in [0.2, 0.25) is 0 Å². The fraction of sp³-hybridized carbons (Fsp3) is 0.941. The average Bonchev–Trinajstić information content (AvgIpc) is 3.02. The van der Waals surface area contributed by atoms with Gasteiger partial charge in [0.15, 0.2) is 5.78 Å². The standard InChI is InChI=1S/C15H27NO.C2H6/c1-4-15(2,3)14(17)13(16)9-12-8-10-5-6-11(12)7-10;1-2/h10-13H,4-9,16H2,1-3H3;1-2H3. The quantitative estimate of drug-likeness (QED) is 0.812. The molecule has 19 heavy (non-hydrogen) atoms. The minimum Gasteiger partial charge on any atom is -0.321 e. The van der Waals surface area contributed by atoms with Crippen molar-refractivity contribution in [2.24, 2.45) is 28.9 Å². The van der Waals surface area contributed by atoms with Gasteiger partial charge in [0.1, 0.15) is 0 Å². The zero-order chi connectivity index (χ0) is 14.6. The van der Waals surface area contributed by atoms with Gasteiger partial charge in [-0.1, -0.05) is 41.0 Å². The number of nitrogens with two attached hydrogens (primary N) is 1. The Kier molecular flexibility index (Phi) is 6.04. The van der Waals surface area contributed by atoms with E-state index in [2.05, 4.69) is 6.92 Å². The lowest BCUT2D eigenvalue weighted by atomic mass is 9.77. The van der Waals surface area contributed by atoms with E-state index < -0.39 is 0 Å². The molecule has 2 aliphatic carbocycles. The monoisotopic (exact) mass is 267 g/mol. The number of carbonyl (C=O) groups is 1. The summed E-state index contributed by atoms with van der Waals surface area (Å²) < 4.78 is 0. The summed E-state index contributed by atoms with van der Waals surface area (Å²) in [4.78, 5) is 12.3. The normalized spacial score (nSPS) is 30.7. The smallest absolute Gasteiger partial charge is 0.155 e. The van der Waals surface area contributed by atoms with Crippen LogP contribution < -0.4 is 5.73 Å². The molecule has 2 heteroatoms. The molecule has 0 aromatic rings. The minimum atomic E-state index is -0.239. The highest BCUT2D eigenvalue weighted by molar-refractivity contribution is 5.88. The topological polar surface area (TPSA) is 43.1 Å². The van der Waals surface area contributed by atoms with Gasteiger partial charge in [-0.15, -0.1) is 0 Å². The summed E-state index contributed by atoms with van der Waals surface area (Å²) in [6.07, 6.45) is 7.36. The summed E-state index contributed by atoms with van der Waals surface area (Å²) in [5.41, 5.74) is 5.90. The first-order chi connectivity index (χ1) is 8.94. The van der Waals surface area contributed by atoms with Crippen molar-refractivity contribution in [1.82, 2.24) is 0 Å². The maximum absolute atomic E-state index is 12.3. The predicted octanol–water partition coefficient (Wildman–Crippen LogP) is 4.17. The lowest BCUT2D eigenvalue weighted by Crippen LogP contribution is -2.41. The Labute approximate surface area is 119 Å². The Bertz CT molecular complexity index is 298. The fourth-order valence-corrected chi connectivity index (χ4v) is 3.77.